The van der Waals surface area contributed by atoms with Crippen LogP contribution in [-0.2, 0) is 4.74 Å². The first-order valence-electron chi connectivity index (χ1n) is 9.32. The highest BCUT2D eigenvalue weighted by Gasteiger charge is 2.26. The molecule has 2 aromatic heterocycles. The average molecular weight is 328 g/mol. The van der Waals surface area contributed by atoms with Crippen LogP contribution in [-0.4, -0.2) is 33.8 Å². The molecule has 2 atom stereocenters. The van der Waals surface area contributed by atoms with E-state index in [0.717, 1.165) is 36.1 Å². The van der Waals surface area contributed by atoms with Gasteiger partial charge >= 0.3 is 0 Å². The monoisotopic (exact) mass is 328 g/mol. The van der Waals surface area contributed by atoms with Crippen molar-refractivity contribution in [2.75, 3.05) is 13.2 Å². The Morgan fingerprint density at radius 2 is 1.96 bits per heavy atom. The minimum atomic E-state index is 0.0459. The van der Waals surface area contributed by atoms with Gasteiger partial charge in [-0.1, -0.05) is 19.8 Å². The van der Waals surface area contributed by atoms with Crippen LogP contribution in [0.4, 0.5) is 0 Å². The van der Waals surface area contributed by atoms with Gasteiger partial charge in [-0.15, -0.1) is 0 Å². The molecule has 2 aliphatic rings. The van der Waals surface area contributed by atoms with E-state index in [1.54, 1.807) is 0 Å². The molecule has 1 aliphatic carbocycles. The Morgan fingerprint density at radius 1 is 1.17 bits per heavy atom. The fraction of sp³-hybridized carbons (Fsp3) is 0.684. The average Bonchev–Trinajstić information content (AvgIpc) is 2.99. The largest absolute Gasteiger partial charge is 0.369 e. The molecule has 0 amide bonds. The molecule has 3 heterocycles. The molecule has 5 heteroatoms. The Bertz CT molecular complexity index is 709. The maximum atomic E-state index is 6.06. The number of nitrogens with one attached hydrogen (secondary N) is 1. The molecule has 1 N–H and O–H groups in total. The third kappa shape index (κ3) is 3.07. The number of fused-ring (bicyclic) bond motifs is 1. The number of rotatable bonds is 2. The smallest absolute Gasteiger partial charge is 0.155 e. The van der Waals surface area contributed by atoms with Crippen LogP contribution in [0.3, 0.4) is 0 Å². The van der Waals surface area contributed by atoms with E-state index in [9.17, 15) is 0 Å². The van der Waals surface area contributed by atoms with Crippen molar-refractivity contribution in [3.63, 3.8) is 0 Å². The van der Waals surface area contributed by atoms with Crippen LogP contribution in [0.2, 0.25) is 0 Å². The first-order valence-corrected chi connectivity index (χ1v) is 9.32. The van der Waals surface area contributed by atoms with Crippen LogP contribution in [0.1, 0.15) is 68.6 Å². The summed E-state index contributed by atoms with van der Waals surface area (Å²) in [6.45, 7) is 8.13. The number of hydrogen-bond acceptors (Lipinski definition) is 4. The van der Waals surface area contributed by atoms with Crippen LogP contribution >= 0.6 is 0 Å². The normalized spacial score (nSPS) is 31.5. The van der Waals surface area contributed by atoms with Gasteiger partial charge in [0.25, 0.3) is 0 Å². The van der Waals surface area contributed by atoms with Crippen molar-refractivity contribution < 1.29 is 4.74 Å². The highest BCUT2D eigenvalue weighted by Crippen LogP contribution is 2.35. The first kappa shape index (κ1) is 16.0. The lowest BCUT2D eigenvalue weighted by molar-refractivity contribution is 0.00325. The van der Waals surface area contributed by atoms with Gasteiger partial charge in [0, 0.05) is 30.3 Å². The molecule has 0 unspecified atom stereocenters. The van der Waals surface area contributed by atoms with Crippen LogP contribution < -0.4 is 5.32 Å². The zero-order valence-electron chi connectivity index (χ0n) is 15.0. The van der Waals surface area contributed by atoms with Crippen molar-refractivity contribution in [1.29, 1.82) is 0 Å². The Kier molecular flexibility index (Phi) is 4.31. The summed E-state index contributed by atoms with van der Waals surface area (Å²) in [7, 11) is 0. The summed E-state index contributed by atoms with van der Waals surface area (Å²) in [6, 6.07) is 4.72. The van der Waals surface area contributed by atoms with E-state index >= 15 is 0 Å². The van der Waals surface area contributed by atoms with Gasteiger partial charge in [0.15, 0.2) is 5.65 Å². The fourth-order valence-electron chi connectivity index (χ4n) is 4.01. The molecule has 0 spiro atoms. The van der Waals surface area contributed by atoms with Crippen molar-refractivity contribution in [1.82, 2.24) is 19.9 Å². The maximum absolute atomic E-state index is 6.06. The van der Waals surface area contributed by atoms with Gasteiger partial charge in [-0.25, -0.2) is 9.50 Å². The second-order valence-electron chi connectivity index (χ2n) is 7.75. The molecule has 1 saturated carbocycles. The minimum absolute atomic E-state index is 0.0459. The summed E-state index contributed by atoms with van der Waals surface area (Å²) in [5.74, 6) is 1.44. The topological polar surface area (TPSA) is 51.5 Å². The molecule has 24 heavy (non-hydrogen) atoms. The highest BCUT2D eigenvalue weighted by atomic mass is 16.5. The third-order valence-corrected chi connectivity index (χ3v) is 5.56. The van der Waals surface area contributed by atoms with Gasteiger partial charge in [-0.05, 0) is 38.7 Å². The third-order valence-electron chi connectivity index (χ3n) is 5.56. The predicted octanol–water partition coefficient (Wildman–Crippen LogP) is 3.38. The van der Waals surface area contributed by atoms with E-state index in [4.69, 9.17) is 14.8 Å². The second kappa shape index (κ2) is 6.45. The number of nitrogens with zero attached hydrogens (tertiary/aromatic N) is 3. The molecule has 2 aromatic rings. The summed E-state index contributed by atoms with van der Waals surface area (Å²) < 4.78 is 8.07. The first-order chi connectivity index (χ1) is 11.6. The van der Waals surface area contributed by atoms with Crippen molar-refractivity contribution in [3.05, 3.63) is 29.2 Å². The van der Waals surface area contributed by atoms with Gasteiger partial charge in [-0.2, -0.15) is 5.10 Å². The molecular formula is C19H28N4O. The second-order valence-corrected chi connectivity index (χ2v) is 7.75. The lowest BCUT2D eigenvalue weighted by atomic mass is 9.81. The van der Waals surface area contributed by atoms with Crippen molar-refractivity contribution in [3.8, 4) is 0 Å². The molecule has 4 rings (SSSR count). The van der Waals surface area contributed by atoms with Crippen LogP contribution in [0, 0.1) is 12.8 Å². The highest BCUT2D eigenvalue weighted by molar-refractivity contribution is 5.43. The van der Waals surface area contributed by atoms with Gasteiger partial charge in [-0.3, -0.25) is 0 Å². The maximum Gasteiger partial charge on any atom is 0.155 e. The zero-order valence-corrected chi connectivity index (χ0v) is 15.0. The summed E-state index contributed by atoms with van der Waals surface area (Å²) in [6.07, 6.45) is 5.16. The number of aromatic nitrogens is 3. The molecule has 1 saturated heterocycles. The number of morpholine rings is 1. The molecule has 0 aromatic carbocycles. The Hall–Kier alpha value is -1.46. The predicted molar refractivity (Wildman–Crippen MR) is 94.3 cm³/mol. The minimum Gasteiger partial charge on any atom is -0.369 e. The van der Waals surface area contributed by atoms with Gasteiger partial charge in [0.1, 0.15) is 6.10 Å². The van der Waals surface area contributed by atoms with E-state index in [-0.39, 0.29) is 6.10 Å². The molecule has 5 nitrogen and oxygen atoms in total. The summed E-state index contributed by atoms with van der Waals surface area (Å²) in [5, 5.41) is 8.45. The SMILES string of the molecule is Cc1cc([C@H]2CN[C@@H](C)CO2)n2nc(C3CCC(C)CC3)cc2n1. The van der Waals surface area contributed by atoms with Gasteiger partial charge in [0.05, 0.1) is 18.0 Å². The molecular weight excluding hydrogens is 300 g/mol. The zero-order chi connectivity index (χ0) is 16.7. The lowest BCUT2D eigenvalue weighted by Gasteiger charge is -2.28. The molecule has 0 radical (unpaired) electrons. The standard InChI is InChI=1S/C19H28N4O/c1-12-4-6-15(7-5-12)16-9-19-21-13(2)8-17(23(19)22-16)18-10-20-14(3)11-24-18/h8-9,12,14-15,18,20H,4-7,10-11H2,1-3H3/t12?,14-,15?,18+/m0/s1. The Balaban J connectivity index is 1.67. The van der Waals surface area contributed by atoms with Gasteiger partial charge in [0.2, 0.25) is 0 Å². The van der Waals surface area contributed by atoms with Gasteiger partial charge < -0.3 is 10.1 Å². The molecule has 2 fully saturated rings. The number of hydrogen-bond donors (Lipinski definition) is 1. The number of ether oxygens (including phenoxy) is 1. The summed E-state index contributed by atoms with van der Waals surface area (Å²) in [4.78, 5) is 4.70. The fourth-order valence-corrected chi connectivity index (χ4v) is 4.01. The quantitative estimate of drug-likeness (QED) is 0.918. The van der Waals surface area contributed by atoms with Crippen molar-refractivity contribution >= 4 is 5.65 Å². The van der Waals surface area contributed by atoms with Crippen molar-refractivity contribution in [2.45, 2.75) is 64.5 Å². The van der Waals surface area contributed by atoms with E-state index in [0.29, 0.717) is 12.0 Å². The summed E-state index contributed by atoms with van der Waals surface area (Å²) >= 11 is 0. The van der Waals surface area contributed by atoms with E-state index in [1.165, 1.54) is 31.4 Å². The Morgan fingerprint density at radius 3 is 2.67 bits per heavy atom. The molecule has 130 valence electrons. The number of aryl methyl sites for hydroxylation is 1. The Labute approximate surface area is 143 Å². The van der Waals surface area contributed by atoms with Crippen LogP contribution in [0.15, 0.2) is 12.1 Å². The molecule has 0 bridgehead atoms. The molecule has 1 aliphatic heterocycles. The van der Waals surface area contributed by atoms with E-state index in [2.05, 4.69) is 38.2 Å². The van der Waals surface area contributed by atoms with E-state index in [1.807, 2.05) is 4.52 Å². The lowest BCUT2D eigenvalue weighted by Crippen LogP contribution is -2.41. The summed E-state index contributed by atoms with van der Waals surface area (Å²) in [5.41, 5.74) is 4.31. The van der Waals surface area contributed by atoms with Crippen LogP contribution in [0.25, 0.3) is 5.65 Å². The van der Waals surface area contributed by atoms with Crippen LogP contribution in [0.5, 0.6) is 0 Å². The van der Waals surface area contributed by atoms with Crippen molar-refractivity contribution in [2.24, 2.45) is 5.92 Å². The van der Waals surface area contributed by atoms with E-state index < -0.39 is 0 Å².